The minimum atomic E-state index is -0.149. The molecule has 3 aromatic carbocycles. The van der Waals surface area contributed by atoms with Crippen LogP contribution >= 0.6 is 11.9 Å². The number of nitrogens with one attached hydrogen (secondary N) is 3. The van der Waals surface area contributed by atoms with E-state index in [4.69, 9.17) is 0 Å². The highest BCUT2D eigenvalue weighted by Gasteiger charge is 2.08. The average Bonchev–Trinajstić information content (AvgIpc) is 3.16. The number of carbonyl (C=O) groups is 1. The summed E-state index contributed by atoms with van der Waals surface area (Å²) >= 11 is 1.53. The lowest BCUT2D eigenvalue weighted by atomic mass is 10.2. The fraction of sp³-hybridized carbons (Fsp3) is 0. The highest BCUT2D eigenvalue weighted by molar-refractivity contribution is 8.00. The fourth-order valence-electron chi connectivity index (χ4n) is 2.51. The predicted molar refractivity (Wildman–Crippen MR) is 106 cm³/mol. The third-order valence-electron chi connectivity index (χ3n) is 3.86. The Kier molecular flexibility index (Phi) is 4.57. The molecule has 0 atom stereocenters. The Bertz CT molecular complexity index is 1030. The van der Waals surface area contributed by atoms with Crippen molar-refractivity contribution < 1.29 is 4.79 Å². The molecule has 0 aliphatic heterocycles. The van der Waals surface area contributed by atoms with E-state index in [1.807, 2.05) is 60.7 Å². The first-order chi connectivity index (χ1) is 12.8. The maximum Gasteiger partial charge on any atom is 0.255 e. The summed E-state index contributed by atoms with van der Waals surface area (Å²) in [7, 11) is 0. The SMILES string of the molecule is O=C(Nc1ccc(SNc2ccccc2)cc1)c1ccc2nc[nH]c2c1. The molecule has 0 radical (unpaired) electrons. The smallest absolute Gasteiger partial charge is 0.255 e. The van der Waals surface area contributed by atoms with Gasteiger partial charge >= 0.3 is 0 Å². The number of amides is 1. The number of nitrogens with zero attached hydrogens (tertiary/aromatic N) is 1. The molecule has 0 bridgehead atoms. The van der Waals surface area contributed by atoms with Crippen molar-refractivity contribution in [2.45, 2.75) is 4.90 Å². The van der Waals surface area contributed by atoms with Crippen LogP contribution in [0.1, 0.15) is 10.4 Å². The lowest BCUT2D eigenvalue weighted by Crippen LogP contribution is -2.11. The van der Waals surface area contributed by atoms with Crippen LogP contribution < -0.4 is 10.0 Å². The Hall–Kier alpha value is -3.25. The molecule has 26 heavy (non-hydrogen) atoms. The normalized spacial score (nSPS) is 10.6. The molecule has 5 nitrogen and oxygen atoms in total. The minimum Gasteiger partial charge on any atom is -0.345 e. The molecule has 3 N–H and O–H groups in total. The topological polar surface area (TPSA) is 69.8 Å². The summed E-state index contributed by atoms with van der Waals surface area (Å²) in [6.07, 6.45) is 1.62. The quantitative estimate of drug-likeness (QED) is 0.441. The van der Waals surface area contributed by atoms with Gasteiger partial charge in [-0.3, -0.25) is 4.79 Å². The molecule has 0 fully saturated rings. The maximum absolute atomic E-state index is 12.4. The van der Waals surface area contributed by atoms with Crippen LogP contribution in [-0.4, -0.2) is 15.9 Å². The molecular formula is C20H16N4OS. The van der Waals surface area contributed by atoms with Gasteiger partial charge in [0.2, 0.25) is 0 Å². The van der Waals surface area contributed by atoms with Gasteiger partial charge in [0.15, 0.2) is 0 Å². The van der Waals surface area contributed by atoms with E-state index < -0.39 is 0 Å². The second-order valence-corrected chi connectivity index (χ2v) is 6.56. The van der Waals surface area contributed by atoms with E-state index in [1.54, 1.807) is 18.5 Å². The van der Waals surface area contributed by atoms with Gasteiger partial charge in [0.1, 0.15) is 0 Å². The zero-order chi connectivity index (χ0) is 17.8. The first kappa shape index (κ1) is 16.2. The van der Waals surface area contributed by atoms with E-state index in [2.05, 4.69) is 20.0 Å². The summed E-state index contributed by atoms with van der Waals surface area (Å²) < 4.78 is 3.28. The van der Waals surface area contributed by atoms with Gasteiger partial charge in [0, 0.05) is 21.8 Å². The van der Waals surface area contributed by atoms with Gasteiger partial charge in [0.25, 0.3) is 5.91 Å². The van der Waals surface area contributed by atoms with E-state index in [1.165, 1.54) is 11.9 Å². The summed E-state index contributed by atoms with van der Waals surface area (Å²) in [5.74, 6) is -0.149. The Morgan fingerprint density at radius 2 is 1.73 bits per heavy atom. The number of aromatic amines is 1. The van der Waals surface area contributed by atoms with Crippen LogP contribution in [0.15, 0.2) is 84.0 Å². The molecule has 1 amide bonds. The zero-order valence-electron chi connectivity index (χ0n) is 13.8. The Morgan fingerprint density at radius 1 is 0.923 bits per heavy atom. The molecule has 4 aromatic rings. The second kappa shape index (κ2) is 7.33. The van der Waals surface area contributed by atoms with Crippen LogP contribution in [0.2, 0.25) is 0 Å². The first-order valence-electron chi connectivity index (χ1n) is 8.10. The molecule has 0 unspecified atom stereocenters. The van der Waals surface area contributed by atoms with Crippen molar-refractivity contribution in [1.29, 1.82) is 0 Å². The molecule has 128 valence electrons. The van der Waals surface area contributed by atoms with E-state index in [0.29, 0.717) is 5.56 Å². The lowest BCUT2D eigenvalue weighted by Gasteiger charge is -2.08. The number of rotatable bonds is 5. The number of para-hydroxylation sites is 1. The largest absolute Gasteiger partial charge is 0.345 e. The van der Waals surface area contributed by atoms with Gasteiger partial charge in [-0.05, 0) is 66.5 Å². The van der Waals surface area contributed by atoms with Gasteiger partial charge in [-0.2, -0.15) is 0 Å². The number of anilines is 2. The molecular weight excluding hydrogens is 344 g/mol. The Labute approximate surface area is 155 Å². The zero-order valence-corrected chi connectivity index (χ0v) is 14.6. The van der Waals surface area contributed by atoms with Crippen molar-refractivity contribution in [3.63, 3.8) is 0 Å². The summed E-state index contributed by atoms with van der Waals surface area (Å²) in [4.78, 5) is 20.6. The first-order valence-corrected chi connectivity index (χ1v) is 8.92. The van der Waals surface area contributed by atoms with Gasteiger partial charge in [0.05, 0.1) is 17.4 Å². The van der Waals surface area contributed by atoms with Crippen molar-refractivity contribution >= 4 is 40.3 Å². The average molecular weight is 360 g/mol. The number of fused-ring (bicyclic) bond motifs is 1. The highest BCUT2D eigenvalue weighted by Crippen LogP contribution is 2.23. The van der Waals surface area contributed by atoms with Gasteiger partial charge < -0.3 is 15.0 Å². The van der Waals surface area contributed by atoms with Crippen molar-refractivity contribution in [2.24, 2.45) is 0 Å². The van der Waals surface area contributed by atoms with Crippen molar-refractivity contribution in [3.8, 4) is 0 Å². The number of benzene rings is 3. The number of hydrogen-bond acceptors (Lipinski definition) is 4. The fourth-order valence-corrected chi connectivity index (χ4v) is 3.15. The predicted octanol–water partition coefficient (Wildman–Crippen LogP) is 4.93. The molecule has 1 aromatic heterocycles. The van der Waals surface area contributed by atoms with E-state index in [0.717, 1.165) is 27.3 Å². The monoisotopic (exact) mass is 360 g/mol. The number of carbonyl (C=O) groups excluding carboxylic acids is 1. The lowest BCUT2D eigenvalue weighted by molar-refractivity contribution is 0.102. The summed E-state index contributed by atoms with van der Waals surface area (Å²) in [5.41, 5.74) is 4.07. The Morgan fingerprint density at radius 3 is 2.54 bits per heavy atom. The molecule has 4 rings (SSSR count). The molecule has 0 saturated carbocycles. The van der Waals surface area contributed by atoms with Gasteiger partial charge in [-0.1, -0.05) is 18.2 Å². The molecule has 0 aliphatic carbocycles. The molecule has 6 heteroatoms. The number of aromatic nitrogens is 2. The van der Waals surface area contributed by atoms with Gasteiger partial charge in [-0.25, -0.2) is 4.98 Å². The van der Waals surface area contributed by atoms with Crippen LogP contribution in [0.3, 0.4) is 0 Å². The van der Waals surface area contributed by atoms with E-state index in [-0.39, 0.29) is 5.91 Å². The number of hydrogen-bond donors (Lipinski definition) is 3. The molecule has 0 saturated heterocycles. The standard InChI is InChI=1S/C20H16N4OS/c25-20(14-6-11-18-19(12-14)22-13-21-18)23-15-7-9-17(10-8-15)26-24-16-4-2-1-3-5-16/h1-13,24H,(H,21,22)(H,23,25). The van der Waals surface area contributed by atoms with Crippen LogP contribution in [0, 0.1) is 0 Å². The van der Waals surface area contributed by atoms with Crippen LogP contribution in [0.4, 0.5) is 11.4 Å². The third kappa shape index (κ3) is 3.70. The highest BCUT2D eigenvalue weighted by atomic mass is 32.2. The van der Waals surface area contributed by atoms with E-state index in [9.17, 15) is 4.79 Å². The third-order valence-corrected chi connectivity index (χ3v) is 4.70. The van der Waals surface area contributed by atoms with Crippen LogP contribution in [-0.2, 0) is 0 Å². The van der Waals surface area contributed by atoms with Gasteiger partial charge in [-0.15, -0.1) is 0 Å². The van der Waals surface area contributed by atoms with Crippen molar-refractivity contribution in [2.75, 3.05) is 10.0 Å². The molecule has 0 aliphatic rings. The maximum atomic E-state index is 12.4. The Balaban J connectivity index is 1.39. The summed E-state index contributed by atoms with van der Waals surface area (Å²) in [5, 5.41) is 2.91. The minimum absolute atomic E-state index is 0.149. The van der Waals surface area contributed by atoms with Crippen molar-refractivity contribution in [3.05, 3.63) is 84.7 Å². The summed E-state index contributed by atoms with van der Waals surface area (Å²) in [6.45, 7) is 0. The van der Waals surface area contributed by atoms with Crippen LogP contribution in [0.25, 0.3) is 11.0 Å². The second-order valence-electron chi connectivity index (χ2n) is 5.68. The number of imidazole rings is 1. The van der Waals surface area contributed by atoms with Crippen molar-refractivity contribution in [1.82, 2.24) is 9.97 Å². The number of H-pyrrole nitrogens is 1. The molecule has 1 heterocycles. The summed E-state index contributed by atoms with van der Waals surface area (Å²) in [6, 6.07) is 23.1. The van der Waals surface area contributed by atoms with Crippen LogP contribution in [0.5, 0.6) is 0 Å². The van der Waals surface area contributed by atoms with E-state index >= 15 is 0 Å². The molecule has 0 spiro atoms.